The van der Waals surface area contributed by atoms with Crippen molar-refractivity contribution in [3.05, 3.63) is 10.1 Å². The highest BCUT2D eigenvalue weighted by Crippen LogP contribution is 2.35. The zero-order chi connectivity index (χ0) is 12.6. The lowest BCUT2D eigenvalue weighted by Crippen LogP contribution is -2.60. The molecule has 0 aliphatic carbocycles. The summed E-state index contributed by atoms with van der Waals surface area (Å²) in [7, 11) is 0. The van der Waals surface area contributed by atoms with Crippen molar-refractivity contribution in [2.45, 2.75) is 63.3 Å². The first-order valence-electron chi connectivity index (χ1n) is 6.19. The summed E-state index contributed by atoms with van der Waals surface area (Å²) in [5.74, 6) is 0.00667. The van der Waals surface area contributed by atoms with Crippen LogP contribution in [-0.4, -0.2) is 45.1 Å². The Hall–Kier alpha value is -1.17. The van der Waals surface area contributed by atoms with Crippen molar-refractivity contribution in [1.82, 2.24) is 4.90 Å². The number of carbonyl (C=O) groups excluding carboxylic acids is 1. The van der Waals surface area contributed by atoms with Gasteiger partial charge in [-0.15, -0.1) is 0 Å². The second kappa shape index (κ2) is 4.60. The van der Waals surface area contributed by atoms with E-state index in [9.17, 15) is 20.0 Å². The van der Waals surface area contributed by atoms with E-state index in [1.807, 2.05) is 6.92 Å². The molecule has 0 aromatic carbocycles. The lowest BCUT2D eigenvalue weighted by Gasteiger charge is -2.41. The fraction of sp³-hybridized carbons (Fsp3) is 0.909. The molecule has 2 saturated heterocycles. The van der Waals surface area contributed by atoms with Crippen molar-refractivity contribution < 1.29 is 14.8 Å². The molecule has 0 radical (unpaired) electrons. The summed E-state index contributed by atoms with van der Waals surface area (Å²) >= 11 is 0. The Bertz CT molecular complexity index is 331. The summed E-state index contributed by atoms with van der Waals surface area (Å²) in [5, 5.41) is 20.9. The van der Waals surface area contributed by atoms with E-state index in [1.54, 1.807) is 4.90 Å². The van der Waals surface area contributed by atoms with Crippen LogP contribution in [0, 0.1) is 10.1 Å². The molecule has 2 heterocycles. The second-order valence-electron chi connectivity index (χ2n) is 4.93. The van der Waals surface area contributed by atoms with Gasteiger partial charge in [-0.3, -0.25) is 14.9 Å². The topological polar surface area (TPSA) is 83.7 Å². The average Bonchev–Trinajstić information content (AvgIpc) is 2.59. The molecule has 0 aromatic rings. The normalized spacial score (nSPS) is 37.1. The summed E-state index contributed by atoms with van der Waals surface area (Å²) in [4.78, 5) is 24.1. The van der Waals surface area contributed by atoms with Crippen LogP contribution in [-0.2, 0) is 4.79 Å². The van der Waals surface area contributed by atoms with Crippen LogP contribution in [0.1, 0.15) is 39.0 Å². The molecule has 2 aliphatic heterocycles. The number of amides is 1. The van der Waals surface area contributed by atoms with Gasteiger partial charge in [0.15, 0.2) is 0 Å². The van der Waals surface area contributed by atoms with E-state index in [0.29, 0.717) is 19.3 Å². The summed E-state index contributed by atoms with van der Waals surface area (Å²) in [5.41, 5.74) is 0. The largest absolute Gasteiger partial charge is 0.386 e. The summed E-state index contributed by atoms with van der Waals surface area (Å²) in [6, 6.07) is -1.45. The molecule has 4 atom stereocenters. The standard InChI is InChI=1S/C11H18N2O4/c1-2-3-8-11(13(16)17)9(14)6-7-4-5-10(15)12(7)8/h7-9,11,14H,2-6H2,1H3/t7-,8+,9?,11?/m0/s1. The van der Waals surface area contributed by atoms with Crippen LogP contribution >= 0.6 is 0 Å². The molecular weight excluding hydrogens is 224 g/mol. The first kappa shape index (κ1) is 12.3. The van der Waals surface area contributed by atoms with E-state index in [0.717, 1.165) is 12.8 Å². The monoisotopic (exact) mass is 242 g/mol. The van der Waals surface area contributed by atoms with Crippen LogP contribution < -0.4 is 0 Å². The van der Waals surface area contributed by atoms with Crippen LogP contribution in [0.25, 0.3) is 0 Å². The molecular formula is C11H18N2O4. The Morgan fingerprint density at radius 2 is 2.29 bits per heavy atom. The Kier molecular flexibility index (Phi) is 3.33. The summed E-state index contributed by atoms with van der Waals surface area (Å²) in [6.07, 6.45) is 1.97. The van der Waals surface area contributed by atoms with Crippen molar-refractivity contribution in [2.75, 3.05) is 0 Å². The van der Waals surface area contributed by atoms with Crippen LogP contribution in [0.4, 0.5) is 0 Å². The van der Waals surface area contributed by atoms with Gasteiger partial charge in [0.2, 0.25) is 5.91 Å². The van der Waals surface area contributed by atoms with Gasteiger partial charge < -0.3 is 10.0 Å². The van der Waals surface area contributed by atoms with E-state index < -0.39 is 23.1 Å². The van der Waals surface area contributed by atoms with E-state index in [4.69, 9.17) is 0 Å². The molecule has 6 heteroatoms. The zero-order valence-electron chi connectivity index (χ0n) is 9.91. The summed E-state index contributed by atoms with van der Waals surface area (Å²) in [6.45, 7) is 1.94. The molecule has 96 valence electrons. The first-order valence-corrected chi connectivity index (χ1v) is 6.19. The predicted molar refractivity (Wildman–Crippen MR) is 60.0 cm³/mol. The number of nitrogens with zero attached hydrogens (tertiary/aromatic N) is 2. The predicted octanol–water partition coefficient (Wildman–Crippen LogP) is 0.556. The molecule has 17 heavy (non-hydrogen) atoms. The molecule has 6 nitrogen and oxygen atoms in total. The van der Waals surface area contributed by atoms with Gasteiger partial charge >= 0.3 is 0 Å². The van der Waals surface area contributed by atoms with Crippen molar-refractivity contribution in [1.29, 1.82) is 0 Å². The second-order valence-corrected chi connectivity index (χ2v) is 4.93. The minimum Gasteiger partial charge on any atom is -0.386 e. The number of carbonyl (C=O) groups is 1. The van der Waals surface area contributed by atoms with E-state index >= 15 is 0 Å². The SMILES string of the molecule is CCC[C@@H]1C([N+](=O)[O-])C(O)C[C@@H]2CCC(=O)N21. The van der Waals surface area contributed by atoms with Crippen LogP contribution in [0.5, 0.6) is 0 Å². The fourth-order valence-corrected chi connectivity index (χ4v) is 3.17. The van der Waals surface area contributed by atoms with E-state index in [-0.39, 0.29) is 11.9 Å². The minimum absolute atomic E-state index is 0.00486. The number of aliphatic hydroxyl groups excluding tert-OH is 1. The number of rotatable bonds is 3. The molecule has 0 aromatic heterocycles. The van der Waals surface area contributed by atoms with Gasteiger partial charge in [-0.05, 0) is 12.8 Å². The Morgan fingerprint density at radius 3 is 2.88 bits per heavy atom. The summed E-state index contributed by atoms with van der Waals surface area (Å²) < 4.78 is 0. The minimum atomic E-state index is -1.02. The molecule has 2 aliphatic rings. The zero-order valence-corrected chi connectivity index (χ0v) is 9.91. The third-order valence-corrected chi connectivity index (χ3v) is 3.86. The van der Waals surface area contributed by atoms with Gasteiger partial charge in [-0.2, -0.15) is 0 Å². The van der Waals surface area contributed by atoms with Gasteiger partial charge in [0.25, 0.3) is 6.04 Å². The number of hydrogen-bond acceptors (Lipinski definition) is 4. The van der Waals surface area contributed by atoms with Gasteiger partial charge in [-0.1, -0.05) is 13.3 Å². The van der Waals surface area contributed by atoms with Crippen LogP contribution in [0.2, 0.25) is 0 Å². The first-order chi connectivity index (χ1) is 8.06. The molecule has 1 N–H and O–H groups in total. The molecule has 0 spiro atoms. The highest BCUT2D eigenvalue weighted by atomic mass is 16.6. The van der Waals surface area contributed by atoms with E-state index in [2.05, 4.69) is 0 Å². The molecule has 1 amide bonds. The smallest absolute Gasteiger partial charge is 0.258 e. The maximum atomic E-state index is 11.8. The average molecular weight is 242 g/mol. The number of piperidine rings is 1. The van der Waals surface area contributed by atoms with Crippen LogP contribution in [0.15, 0.2) is 0 Å². The lowest BCUT2D eigenvalue weighted by atomic mass is 9.87. The van der Waals surface area contributed by atoms with Crippen molar-refractivity contribution in [2.24, 2.45) is 0 Å². The van der Waals surface area contributed by atoms with Crippen molar-refractivity contribution in [3.8, 4) is 0 Å². The Balaban J connectivity index is 2.27. The van der Waals surface area contributed by atoms with Gasteiger partial charge in [0.05, 0.1) is 0 Å². The van der Waals surface area contributed by atoms with Crippen molar-refractivity contribution >= 4 is 5.91 Å². The van der Waals surface area contributed by atoms with Crippen molar-refractivity contribution in [3.63, 3.8) is 0 Å². The highest BCUT2D eigenvalue weighted by Gasteiger charge is 2.52. The maximum absolute atomic E-state index is 11.8. The number of hydrogen-bond donors (Lipinski definition) is 1. The van der Waals surface area contributed by atoms with Gasteiger partial charge in [-0.25, -0.2) is 0 Å². The highest BCUT2D eigenvalue weighted by molar-refractivity contribution is 5.79. The number of fused-ring (bicyclic) bond motifs is 1. The third kappa shape index (κ3) is 2.01. The molecule has 2 rings (SSSR count). The molecule has 2 unspecified atom stereocenters. The Labute approximate surface area is 99.7 Å². The third-order valence-electron chi connectivity index (χ3n) is 3.86. The quantitative estimate of drug-likeness (QED) is 0.579. The number of aliphatic hydroxyl groups is 1. The number of nitro groups is 1. The molecule has 0 bridgehead atoms. The maximum Gasteiger partial charge on any atom is 0.258 e. The van der Waals surface area contributed by atoms with E-state index in [1.165, 1.54) is 0 Å². The molecule has 2 fully saturated rings. The van der Waals surface area contributed by atoms with Gasteiger partial charge in [0.1, 0.15) is 12.1 Å². The lowest BCUT2D eigenvalue weighted by molar-refractivity contribution is -0.546. The van der Waals surface area contributed by atoms with Gasteiger partial charge in [0, 0.05) is 23.8 Å². The Morgan fingerprint density at radius 1 is 1.59 bits per heavy atom. The van der Waals surface area contributed by atoms with Crippen LogP contribution in [0.3, 0.4) is 0 Å². The molecule has 0 saturated carbocycles. The fourth-order valence-electron chi connectivity index (χ4n) is 3.17.